The minimum absolute atomic E-state index is 0.126. The van der Waals surface area contributed by atoms with Gasteiger partial charge in [-0.2, -0.15) is 0 Å². The normalized spacial score (nSPS) is 29.0. The number of aliphatic hydroxyl groups is 1. The Labute approximate surface area is 74.9 Å². The third kappa shape index (κ3) is 3.11. The molecule has 0 aliphatic carbocycles. The van der Waals surface area contributed by atoms with E-state index in [4.69, 9.17) is 9.84 Å². The van der Waals surface area contributed by atoms with Crippen molar-refractivity contribution < 1.29 is 9.84 Å². The Kier molecular flexibility index (Phi) is 2.79. The first kappa shape index (κ1) is 10.0. The van der Waals surface area contributed by atoms with Crippen LogP contribution in [0.5, 0.6) is 0 Å². The summed E-state index contributed by atoms with van der Waals surface area (Å²) in [5.41, 5.74) is 0.465. The minimum atomic E-state index is 0.126. The van der Waals surface area contributed by atoms with Crippen molar-refractivity contribution in [1.29, 1.82) is 0 Å². The number of rotatable bonds is 4. The molecule has 1 aliphatic heterocycles. The highest BCUT2D eigenvalue weighted by Crippen LogP contribution is 2.42. The zero-order valence-corrected chi connectivity index (χ0v) is 8.39. The Balaban J connectivity index is 2.30. The van der Waals surface area contributed by atoms with Gasteiger partial charge >= 0.3 is 0 Å². The van der Waals surface area contributed by atoms with Crippen LogP contribution in [-0.2, 0) is 4.74 Å². The van der Waals surface area contributed by atoms with Gasteiger partial charge in [0.15, 0.2) is 0 Å². The lowest BCUT2D eigenvalue weighted by Crippen LogP contribution is -2.21. The lowest BCUT2D eigenvalue weighted by Gasteiger charge is -2.23. The Morgan fingerprint density at radius 2 is 2.00 bits per heavy atom. The quantitative estimate of drug-likeness (QED) is 0.657. The Hall–Kier alpha value is -0.0800. The molecule has 12 heavy (non-hydrogen) atoms. The molecule has 72 valence electrons. The van der Waals surface area contributed by atoms with Crippen LogP contribution in [0.15, 0.2) is 0 Å². The van der Waals surface area contributed by atoms with E-state index in [1.165, 1.54) is 0 Å². The number of aliphatic hydroxyl groups excluding tert-OH is 1. The van der Waals surface area contributed by atoms with Crippen LogP contribution >= 0.6 is 0 Å². The molecule has 0 aromatic carbocycles. The van der Waals surface area contributed by atoms with Gasteiger partial charge in [0.2, 0.25) is 0 Å². The van der Waals surface area contributed by atoms with E-state index >= 15 is 0 Å². The smallest absolute Gasteiger partial charge is 0.0922 e. The Bertz CT molecular complexity index is 142. The first-order valence-corrected chi connectivity index (χ1v) is 4.72. The summed E-state index contributed by atoms with van der Waals surface area (Å²) >= 11 is 0. The zero-order valence-electron chi connectivity index (χ0n) is 8.39. The molecule has 1 aliphatic rings. The Morgan fingerprint density at radius 1 is 1.42 bits per heavy atom. The molecule has 1 fully saturated rings. The lowest BCUT2D eigenvalue weighted by atomic mass is 9.83. The first-order valence-electron chi connectivity index (χ1n) is 4.72. The van der Waals surface area contributed by atoms with Crippen LogP contribution in [0.3, 0.4) is 0 Å². The third-order valence-electron chi connectivity index (χ3n) is 2.20. The highest BCUT2D eigenvalue weighted by Gasteiger charge is 2.46. The maximum atomic E-state index is 8.70. The lowest BCUT2D eigenvalue weighted by molar-refractivity contribution is 0.186. The molecule has 1 heterocycles. The van der Waals surface area contributed by atoms with E-state index < -0.39 is 0 Å². The van der Waals surface area contributed by atoms with Gasteiger partial charge in [-0.1, -0.05) is 20.8 Å². The molecular formula is C10H20O2. The number of hydrogen-bond acceptors (Lipinski definition) is 2. The molecule has 0 bridgehead atoms. The third-order valence-corrected chi connectivity index (χ3v) is 2.20. The Morgan fingerprint density at radius 3 is 2.33 bits per heavy atom. The fourth-order valence-corrected chi connectivity index (χ4v) is 1.80. The van der Waals surface area contributed by atoms with Gasteiger partial charge in [-0.05, 0) is 24.7 Å². The zero-order chi connectivity index (χ0) is 9.24. The van der Waals surface area contributed by atoms with Crippen LogP contribution in [0, 0.1) is 5.41 Å². The number of epoxide rings is 1. The van der Waals surface area contributed by atoms with E-state index in [0.29, 0.717) is 5.41 Å². The number of ether oxygens (including phenoxy) is 1. The molecule has 1 saturated heterocycles. The summed E-state index contributed by atoms with van der Waals surface area (Å²) < 4.78 is 5.46. The standard InChI is InChI=1S/C10H20O2/c1-9(2,3)7-10(8-12-10)5-4-6-11/h11H,4-8H2,1-3H3. The maximum Gasteiger partial charge on any atom is 0.0922 e. The molecule has 1 N–H and O–H groups in total. The summed E-state index contributed by atoms with van der Waals surface area (Å²) in [6.07, 6.45) is 3.00. The van der Waals surface area contributed by atoms with Crippen LogP contribution in [0.2, 0.25) is 0 Å². The van der Waals surface area contributed by atoms with Crippen molar-refractivity contribution in [3.8, 4) is 0 Å². The molecule has 2 nitrogen and oxygen atoms in total. The average molecular weight is 172 g/mol. The van der Waals surface area contributed by atoms with E-state index in [1.807, 2.05) is 0 Å². The van der Waals surface area contributed by atoms with Gasteiger partial charge in [0, 0.05) is 6.61 Å². The monoisotopic (exact) mass is 172 g/mol. The SMILES string of the molecule is CC(C)(C)CC1(CCCO)CO1. The van der Waals surface area contributed by atoms with Crippen molar-refractivity contribution in [2.75, 3.05) is 13.2 Å². The van der Waals surface area contributed by atoms with Crippen molar-refractivity contribution in [3.05, 3.63) is 0 Å². The minimum Gasteiger partial charge on any atom is -0.396 e. The summed E-state index contributed by atoms with van der Waals surface area (Å²) in [6, 6.07) is 0. The first-order chi connectivity index (χ1) is 5.47. The van der Waals surface area contributed by atoms with E-state index in [2.05, 4.69) is 20.8 Å². The largest absolute Gasteiger partial charge is 0.396 e. The van der Waals surface area contributed by atoms with Crippen LogP contribution in [0.25, 0.3) is 0 Å². The summed E-state index contributed by atoms with van der Waals surface area (Å²) in [5, 5.41) is 8.70. The van der Waals surface area contributed by atoms with Gasteiger partial charge in [-0.15, -0.1) is 0 Å². The molecular weight excluding hydrogens is 152 g/mol. The van der Waals surface area contributed by atoms with Gasteiger partial charge in [-0.3, -0.25) is 0 Å². The van der Waals surface area contributed by atoms with E-state index in [9.17, 15) is 0 Å². The van der Waals surface area contributed by atoms with Crippen molar-refractivity contribution >= 4 is 0 Å². The fourth-order valence-electron chi connectivity index (χ4n) is 1.80. The molecule has 0 spiro atoms. The molecule has 0 radical (unpaired) electrons. The summed E-state index contributed by atoms with van der Waals surface area (Å²) in [5.74, 6) is 0. The predicted octanol–water partition coefficient (Wildman–Crippen LogP) is 1.96. The highest BCUT2D eigenvalue weighted by atomic mass is 16.6. The van der Waals surface area contributed by atoms with Crippen molar-refractivity contribution in [3.63, 3.8) is 0 Å². The highest BCUT2D eigenvalue weighted by molar-refractivity contribution is 4.94. The molecule has 1 rings (SSSR count). The average Bonchev–Trinajstić information content (AvgIpc) is 2.62. The van der Waals surface area contributed by atoms with Crippen molar-refractivity contribution in [2.24, 2.45) is 5.41 Å². The van der Waals surface area contributed by atoms with Gasteiger partial charge in [-0.25, -0.2) is 0 Å². The molecule has 2 heteroatoms. The molecule has 0 amide bonds. The second-order valence-corrected chi connectivity index (χ2v) is 5.04. The number of hydrogen-bond donors (Lipinski definition) is 1. The van der Waals surface area contributed by atoms with Gasteiger partial charge in [0.1, 0.15) is 0 Å². The van der Waals surface area contributed by atoms with E-state index in [1.54, 1.807) is 0 Å². The molecule has 1 unspecified atom stereocenters. The molecule has 1 atom stereocenters. The predicted molar refractivity (Wildman–Crippen MR) is 49.1 cm³/mol. The molecule has 0 aromatic heterocycles. The topological polar surface area (TPSA) is 32.8 Å². The van der Waals surface area contributed by atoms with Gasteiger partial charge < -0.3 is 9.84 Å². The van der Waals surface area contributed by atoms with Crippen molar-refractivity contribution in [1.82, 2.24) is 0 Å². The molecule has 0 aromatic rings. The van der Waals surface area contributed by atoms with Gasteiger partial charge in [0.25, 0.3) is 0 Å². The van der Waals surface area contributed by atoms with Crippen LogP contribution in [-0.4, -0.2) is 23.9 Å². The maximum absolute atomic E-state index is 8.70. The van der Waals surface area contributed by atoms with E-state index in [0.717, 1.165) is 25.9 Å². The van der Waals surface area contributed by atoms with Crippen LogP contribution < -0.4 is 0 Å². The summed E-state index contributed by atoms with van der Waals surface area (Å²) in [4.78, 5) is 0. The second-order valence-electron chi connectivity index (χ2n) is 5.04. The van der Waals surface area contributed by atoms with Gasteiger partial charge in [0.05, 0.1) is 12.2 Å². The van der Waals surface area contributed by atoms with Crippen LogP contribution in [0.4, 0.5) is 0 Å². The van der Waals surface area contributed by atoms with E-state index in [-0.39, 0.29) is 12.2 Å². The summed E-state index contributed by atoms with van der Waals surface area (Å²) in [6.45, 7) is 7.87. The van der Waals surface area contributed by atoms with Crippen molar-refractivity contribution in [2.45, 2.75) is 45.6 Å². The van der Waals surface area contributed by atoms with Crippen LogP contribution in [0.1, 0.15) is 40.0 Å². The second kappa shape index (κ2) is 3.35. The molecule has 0 saturated carbocycles. The fraction of sp³-hybridized carbons (Fsp3) is 1.00. The summed E-state index contributed by atoms with van der Waals surface area (Å²) in [7, 11) is 0.